The Labute approximate surface area is 164 Å². The van der Waals surface area contributed by atoms with E-state index in [9.17, 15) is 4.79 Å². The van der Waals surface area contributed by atoms with Crippen molar-refractivity contribution in [3.8, 4) is 28.5 Å². The van der Waals surface area contributed by atoms with Gasteiger partial charge in [-0.25, -0.2) is 4.98 Å². The van der Waals surface area contributed by atoms with Crippen LogP contribution in [0.5, 0.6) is 17.2 Å². The molecule has 1 atom stereocenters. The van der Waals surface area contributed by atoms with Gasteiger partial charge in [0.25, 0.3) is 5.91 Å². The summed E-state index contributed by atoms with van der Waals surface area (Å²) in [6, 6.07) is 12.7. The van der Waals surface area contributed by atoms with Crippen LogP contribution in [0, 0.1) is 0 Å². The Morgan fingerprint density at radius 1 is 1.30 bits per heavy atom. The molecular weight excluding hydrogens is 388 g/mol. The third kappa shape index (κ3) is 3.70. The molecule has 0 bridgehead atoms. The van der Waals surface area contributed by atoms with Crippen LogP contribution in [0.2, 0.25) is 5.02 Å². The molecule has 0 unspecified atom stereocenters. The highest BCUT2D eigenvalue weighted by molar-refractivity contribution is 7.14. The largest absolute Gasteiger partial charge is 0.495 e. The van der Waals surface area contributed by atoms with Crippen molar-refractivity contribution in [2.75, 3.05) is 19.0 Å². The van der Waals surface area contributed by atoms with E-state index >= 15 is 0 Å². The Bertz CT molecular complexity index is 991. The summed E-state index contributed by atoms with van der Waals surface area (Å²) in [5, 5.41) is 5.60. The Kier molecular flexibility index (Phi) is 4.87. The third-order valence-corrected chi connectivity index (χ3v) is 5.04. The second-order valence-electron chi connectivity index (χ2n) is 5.74. The first-order valence-corrected chi connectivity index (χ1v) is 9.38. The smallest absolute Gasteiger partial charge is 0.270 e. The van der Waals surface area contributed by atoms with Gasteiger partial charge in [0, 0.05) is 10.9 Å². The van der Waals surface area contributed by atoms with Crippen LogP contribution in [0.4, 0.5) is 5.13 Å². The third-order valence-electron chi connectivity index (χ3n) is 3.98. The van der Waals surface area contributed by atoms with Gasteiger partial charge in [0.15, 0.2) is 16.6 Å². The molecule has 0 spiro atoms. The lowest BCUT2D eigenvalue weighted by Gasteiger charge is -2.25. The molecule has 138 valence electrons. The predicted molar refractivity (Wildman–Crippen MR) is 104 cm³/mol. The Morgan fingerprint density at radius 3 is 2.89 bits per heavy atom. The summed E-state index contributed by atoms with van der Waals surface area (Å²) in [5.74, 6) is 1.48. The number of anilines is 1. The van der Waals surface area contributed by atoms with E-state index in [1.165, 1.54) is 11.3 Å². The van der Waals surface area contributed by atoms with E-state index in [1.807, 2.05) is 23.6 Å². The van der Waals surface area contributed by atoms with E-state index in [0.717, 1.165) is 5.56 Å². The van der Waals surface area contributed by atoms with Crippen molar-refractivity contribution in [3.05, 3.63) is 52.9 Å². The Hall–Kier alpha value is -2.77. The summed E-state index contributed by atoms with van der Waals surface area (Å²) >= 11 is 7.49. The van der Waals surface area contributed by atoms with Crippen molar-refractivity contribution < 1.29 is 19.0 Å². The number of para-hydroxylation sites is 2. The van der Waals surface area contributed by atoms with Crippen LogP contribution < -0.4 is 19.5 Å². The van der Waals surface area contributed by atoms with Crippen molar-refractivity contribution in [1.82, 2.24) is 4.98 Å². The van der Waals surface area contributed by atoms with Gasteiger partial charge in [-0.2, -0.15) is 0 Å². The van der Waals surface area contributed by atoms with Crippen molar-refractivity contribution in [2.45, 2.75) is 6.10 Å². The van der Waals surface area contributed by atoms with E-state index < -0.39 is 6.10 Å². The number of hydrogen-bond acceptors (Lipinski definition) is 6. The van der Waals surface area contributed by atoms with E-state index in [1.54, 1.807) is 31.4 Å². The minimum atomic E-state index is -0.734. The molecule has 2 heterocycles. The molecule has 0 radical (unpaired) electrons. The standard InChI is InChI=1S/C19H15ClN2O4S/c1-24-14-7-6-11(8-12(14)20)13-10-27-19(21-13)22-18(23)17-9-25-15-4-2-3-5-16(15)26-17/h2-8,10,17H,9H2,1H3,(H,21,22,23)/t17-/m0/s1. The van der Waals surface area contributed by atoms with Crippen LogP contribution >= 0.6 is 22.9 Å². The fourth-order valence-corrected chi connectivity index (χ4v) is 3.60. The number of benzene rings is 2. The number of rotatable bonds is 4. The first-order chi connectivity index (χ1) is 13.1. The molecule has 1 aliphatic heterocycles. The molecule has 27 heavy (non-hydrogen) atoms. The number of halogens is 1. The number of nitrogens with one attached hydrogen (secondary N) is 1. The molecule has 1 amide bonds. The molecule has 2 aromatic carbocycles. The van der Waals surface area contributed by atoms with Crippen LogP contribution in [-0.4, -0.2) is 30.7 Å². The summed E-state index contributed by atoms with van der Waals surface area (Å²) in [4.78, 5) is 16.9. The van der Waals surface area contributed by atoms with E-state index in [-0.39, 0.29) is 12.5 Å². The normalized spacial score (nSPS) is 15.3. The van der Waals surface area contributed by atoms with Crippen molar-refractivity contribution in [3.63, 3.8) is 0 Å². The second kappa shape index (κ2) is 7.46. The molecule has 8 heteroatoms. The average Bonchev–Trinajstić information content (AvgIpc) is 3.16. The lowest BCUT2D eigenvalue weighted by atomic mass is 10.2. The van der Waals surface area contributed by atoms with Crippen LogP contribution in [-0.2, 0) is 4.79 Å². The SMILES string of the molecule is COc1ccc(-c2csc(NC(=O)[C@@H]3COc4ccccc4O3)n2)cc1Cl. The predicted octanol–water partition coefficient (Wildman–Crippen LogP) is 4.25. The number of ether oxygens (including phenoxy) is 3. The number of thiazole rings is 1. The van der Waals surface area contributed by atoms with Gasteiger partial charge in [0.1, 0.15) is 12.4 Å². The van der Waals surface area contributed by atoms with E-state index in [2.05, 4.69) is 10.3 Å². The maximum atomic E-state index is 12.5. The van der Waals surface area contributed by atoms with Gasteiger partial charge in [-0.05, 0) is 30.3 Å². The molecule has 1 aromatic heterocycles. The van der Waals surface area contributed by atoms with Crippen LogP contribution in [0.25, 0.3) is 11.3 Å². The summed E-state index contributed by atoms with van der Waals surface area (Å²) in [7, 11) is 1.56. The summed E-state index contributed by atoms with van der Waals surface area (Å²) in [6.45, 7) is 0.148. The molecule has 0 aliphatic carbocycles. The molecule has 6 nitrogen and oxygen atoms in total. The fourth-order valence-electron chi connectivity index (χ4n) is 2.62. The van der Waals surface area contributed by atoms with Crippen molar-refractivity contribution in [2.24, 2.45) is 0 Å². The zero-order valence-electron chi connectivity index (χ0n) is 14.3. The van der Waals surface area contributed by atoms with E-state index in [0.29, 0.717) is 33.1 Å². The molecular formula is C19H15ClN2O4S. The summed E-state index contributed by atoms with van der Waals surface area (Å²) in [6.07, 6.45) is -0.734. The number of amides is 1. The zero-order valence-corrected chi connectivity index (χ0v) is 15.8. The second-order valence-corrected chi connectivity index (χ2v) is 7.01. The summed E-state index contributed by atoms with van der Waals surface area (Å²) in [5.41, 5.74) is 1.55. The fraction of sp³-hybridized carbons (Fsp3) is 0.158. The number of carbonyl (C=O) groups is 1. The Balaban J connectivity index is 1.45. The topological polar surface area (TPSA) is 69.7 Å². The minimum absolute atomic E-state index is 0.148. The molecule has 4 rings (SSSR count). The number of methoxy groups -OCH3 is 1. The number of carbonyl (C=O) groups excluding carboxylic acids is 1. The van der Waals surface area contributed by atoms with Gasteiger partial charge in [-0.15, -0.1) is 11.3 Å². The highest BCUT2D eigenvalue weighted by atomic mass is 35.5. The highest BCUT2D eigenvalue weighted by Gasteiger charge is 2.27. The van der Waals surface area contributed by atoms with Gasteiger partial charge in [0.05, 0.1) is 17.8 Å². The Morgan fingerprint density at radius 2 is 2.11 bits per heavy atom. The van der Waals surface area contributed by atoms with Gasteiger partial charge in [-0.1, -0.05) is 23.7 Å². The average molecular weight is 403 g/mol. The van der Waals surface area contributed by atoms with Crippen molar-refractivity contribution >= 4 is 34.0 Å². The quantitative estimate of drug-likeness (QED) is 0.706. The lowest BCUT2D eigenvalue weighted by Crippen LogP contribution is -2.40. The van der Waals surface area contributed by atoms with Crippen LogP contribution in [0.3, 0.4) is 0 Å². The van der Waals surface area contributed by atoms with Gasteiger partial charge >= 0.3 is 0 Å². The maximum Gasteiger partial charge on any atom is 0.270 e. The van der Waals surface area contributed by atoms with Gasteiger partial charge in [-0.3, -0.25) is 10.1 Å². The minimum Gasteiger partial charge on any atom is -0.495 e. The van der Waals surface area contributed by atoms with Gasteiger partial charge < -0.3 is 14.2 Å². The number of hydrogen-bond donors (Lipinski definition) is 1. The van der Waals surface area contributed by atoms with Crippen molar-refractivity contribution in [1.29, 1.82) is 0 Å². The summed E-state index contributed by atoms with van der Waals surface area (Å²) < 4.78 is 16.4. The molecule has 0 fully saturated rings. The lowest BCUT2D eigenvalue weighted by molar-refractivity contribution is -0.125. The first-order valence-electron chi connectivity index (χ1n) is 8.13. The molecule has 0 saturated heterocycles. The molecule has 0 saturated carbocycles. The monoisotopic (exact) mass is 402 g/mol. The van der Waals surface area contributed by atoms with Crippen LogP contribution in [0.15, 0.2) is 47.8 Å². The zero-order chi connectivity index (χ0) is 18.8. The maximum absolute atomic E-state index is 12.5. The number of fused-ring (bicyclic) bond motifs is 1. The van der Waals surface area contributed by atoms with Crippen LogP contribution in [0.1, 0.15) is 0 Å². The molecule has 1 aliphatic rings. The van der Waals surface area contributed by atoms with E-state index in [4.69, 9.17) is 25.8 Å². The number of nitrogens with zero attached hydrogens (tertiary/aromatic N) is 1. The highest BCUT2D eigenvalue weighted by Crippen LogP contribution is 2.33. The number of aromatic nitrogens is 1. The van der Waals surface area contributed by atoms with Gasteiger partial charge in [0.2, 0.25) is 6.10 Å². The molecule has 1 N–H and O–H groups in total. The molecule has 3 aromatic rings. The first kappa shape index (κ1) is 17.6.